The molecule has 0 aromatic heterocycles. The van der Waals surface area contributed by atoms with Crippen LogP contribution in [-0.2, 0) is 6.42 Å². The second-order valence-corrected chi connectivity index (χ2v) is 5.47. The first-order valence-corrected chi connectivity index (χ1v) is 6.69. The Kier molecular flexibility index (Phi) is 4.00. The number of aliphatic hydroxyl groups is 1. The summed E-state index contributed by atoms with van der Waals surface area (Å²) in [5.74, 6) is -0.636. The van der Waals surface area contributed by atoms with Crippen LogP contribution in [0.2, 0.25) is 0 Å². The van der Waals surface area contributed by atoms with E-state index in [0.29, 0.717) is 18.8 Å². The van der Waals surface area contributed by atoms with Gasteiger partial charge in [0.25, 0.3) is 0 Å². The second-order valence-electron chi connectivity index (χ2n) is 5.47. The first-order chi connectivity index (χ1) is 8.54. The van der Waals surface area contributed by atoms with Gasteiger partial charge in [0.15, 0.2) is 0 Å². The van der Waals surface area contributed by atoms with Crippen molar-refractivity contribution >= 4 is 0 Å². The zero-order valence-corrected chi connectivity index (χ0v) is 10.8. The topological polar surface area (TPSA) is 20.2 Å². The molecule has 2 rings (SSSR count). The Morgan fingerprint density at radius 2 is 2.00 bits per heavy atom. The fourth-order valence-electron chi connectivity index (χ4n) is 3.00. The SMILES string of the molecule is CCC1CCCC(O)(Cc2c(F)cccc2F)C1. The number of hydrogen-bond acceptors (Lipinski definition) is 1. The Bertz CT molecular complexity index is 399. The minimum Gasteiger partial charge on any atom is -0.390 e. The van der Waals surface area contributed by atoms with Gasteiger partial charge in [0.1, 0.15) is 11.6 Å². The van der Waals surface area contributed by atoms with Crippen LogP contribution in [0.1, 0.15) is 44.6 Å². The summed E-state index contributed by atoms with van der Waals surface area (Å²) in [6, 6.07) is 3.86. The largest absolute Gasteiger partial charge is 0.390 e. The summed E-state index contributed by atoms with van der Waals surface area (Å²) in [4.78, 5) is 0. The minimum atomic E-state index is -0.942. The van der Waals surface area contributed by atoms with Gasteiger partial charge in [0.05, 0.1) is 5.60 Å². The van der Waals surface area contributed by atoms with Crippen LogP contribution < -0.4 is 0 Å². The molecule has 0 bridgehead atoms. The van der Waals surface area contributed by atoms with Gasteiger partial charge in [-0.15, -0.1) is 0 Å². The van der Waals surface area contributed by atoms with Crippen LogP contribution in [0.4, 0.5) is 8.78 Å². The molecule has 1 aromatic carbocycles. The molecule has 0 heterocycles. The number of benzene rings is 1. The van der Waals surface area contributed by atoms with E-state index in [2.05, 4.69) is 6.92 Å². The van der Waals surface area contributed by atoms with Crippen molar-refractivity contribution in [3.8, 4) is 0 Å². The summed E-state index contributed by atoms with van der Waals surface area (Å²) in [6.07, 6.45) is 4.43. The zero-order valence-electron chi connectivity index (χ0n) is 10.8. The van der Waals surface area contributed by atoms with Crippen molar-refractivity contribution in [3.63, 3.8) is 0 Å². The molecule has 2 atom stereocenters. The molecule has 0 radical (unpaired) electrons. The van der Waals surface area contributed by atoms with Gasteiger partial charge in [0, 0.05) is 12.0 Å². The lowest BCUT2D eigenvalue weighted by Crippen LogP contribution is -2.37. The maximum absolute atomic E-state index is 13.6. The fourth-order valence-corrected chi connectivity index (χ4v) is 3.00. The van der Waals surface area contributed by atoms with E-state index in [1.807, 2.05) is 0 Å². The highest BCUT2D eigenvalue weighted by molar-refractivity contribution is 5.22. The molecule has 0 aliphatic heterocycles. The van der Waals surface area contributed by atoms with Crippen LogP contribution in [-0.4, -0.2) is 10.7 Å². The number of halogens is 2. The summed E-state index contributed by atoms with van der Waals surface area (Å²) in [5, 5.41) is 10.5. The average Bonchev–Trinajstić information content (AvgIpc) is 2.34. The van der Waals surface area contributed by atoms with Gasteiger partial charge in [-0.2, -0.15) is 0 Å². The van der Waals surface area contributed by atoms with E-state index in [0.717, 1.165) is 19.3 Å². The highest BCUT2D eigenvalue weighted by atomic mass is 19.1. The van der Waals surface area contributed by atoms with Crippen molar-refractivity contribution in [1.82, 2.24) is 0 Å². The van der Waals surface area contributed by atoms with Crippen LogP contribution >= 0.6 is 0 Å². The summed E-state index contributed by atoms with van der Waals surface area (Å²) in [6.45, 7) is 2.10. The van der Waals surface area contributed by atoms with E-state index in [-0.39, 0.29) is 12.0 Å². The molecule has 100 valence electrons. The van der Waals surface area contributed by atoms with Crippen molar-refractivity contribution in [2.24, 2.45) is 5.92 Å². The molecule has 1 saturated carbocycles. The van der Waals surface area contributed by atoms with Crippen molar-refractivity contribution < 1.29 is 13.9 Å². The predicted octanol–water partition coefficient (Wildman–Crippen LogP) is 3.84. The predicted molar refractivity (Wildman–Crippen MR) is 67.3 cm³/mol. The lowest BCUT2D eigenvalue weighted by molar-refractivity contribution is -0.0174. The van der Waals surface area contributed by atoms with E-state index < -0.39 is 17.2 Å². The minimum absolute atomic E-state index is 0.0248. The van der Waals surface area contributed by atoms with E-state index in [9.17, 15) is 13.9 Å². The van der Waals surface area contributed by atoms with Gasteiger partial charge in [0.2, 0.25) is 0 Å². The quantitative estimate of drug-likeness (QED) is 0.869. The number of hydrogen-bond donors (Lipinski definition) is 1. The molecule has 18 heavy (non-hydrogen) atoms. The maximum Gasteiger partial charge on any atom is 0.129 e. The third-order valence-corrected chi connectivity index (χ3v) is 4.07. The molecule has 1 aliphatic rings. The van der Waals surface area contributed by atoms with Crippen LogP contribution in [0.5, 0.6) is 0 Å². The second kappa shape index (κ2) is 5.35. The normalized spacial score (nSPS) is 28.3. The highest BCUT2D eigenvalue weighted by Crippen LogP contribution is 2.37. The number of rotatable bonds is 3. The highest BCUT2D eigenvalue weighted by Gasteiger charge is 2.35. The summed E-state index contributed by atoms with van der Waals surface area (Å²) in [5.41, 5.74) is -0.918. The Balaban J connectivity index is 2.17. The molecule has 1 fully saturated rings. The molecule has 1 nitrogen and oxygen atoms in total. The van der Waals surface area contributed by atoms with Gasteiger partial charge >= 0.3 is 0 Å². The molecule has 1 N–H and O–H groups in total. The zero-order chi connectivity index (χ0) is 13.2. The molecular formula is C15H20F2O. The molecular weight excluding hydrogens is 234 g/mol. The monoisotopic (exact) mass is 254 g/mol. The van der Waals surface area contributed by atoms with Crippen molar-refractivity contribution in [2.45, 2.75) is 51.0 Å². The van der Waals surface area contributed by atoms with Gasteiger partial charge in [-0.05, 0) is 30.9 Å². The van der Waals surface area contributed by atoms with Gasteiger partial charge in [-0.1, -0.05) is 32.3 Å². The molecule has 0 amide bonds. The van der Waals surface area contributed by atoms with Gasteiger partial charge in [-0.25, -0.2) is 8.78 Å². The third kappa shape index (κ3) is 2.89. The lowest BCUT2D eigenvalue weighted by Gasteiger charge is -2.36. The fraction of sp³-hybridized carbons (Fsp3) is 0.600. The van der Waals surface area contributed by atoms with E-state index in [1.165, 1.54) is 18.2 Å². The van der Waals surface area contributed by atoms with Gasteiger partial charge < -0.3 is 5.11 Å². The van der Waals surface area contributed by atoms with Crippen molar-refractivity contribution in [3.05, 3.63) is 35.4 Å². The van der Waals surface area contributed by atoms with Crippen LogP contribution in [0.3, 0.4) is 0 Å². The van der Waals surface area contributed by atoms with Crippen LogP contribution in [0.25, 0.3) is 0 Å². The maximum atomic E-state index is 13.6. The summed E-state index contributed by atoms with van der Waals surface area (Å²) < 4.78 is 27.2. The Morgan fingerprint density at radius 3 is 2.61 bits per heavy atom. The molecule has 0 saturated heterocycles. The Hall–Kier alpha value is -0.960. The Morgan fingerprint density at radius 1 is 1.33 bits per heavy atom. The van der Waals surface area contributed by atoms with Crippen LogP contribution in [0.15, 0.2) is 18.2 Å². The molecule has 3 heteroatoms. The molecule has 2 unspecified atom stereocenters. The first kappa shape index (κ1) is 13.5. The standard InChI is InChI=1S/C15H20F2O/c1-2-11-5-4-8-15(18,9-11)10-12-13(16)6-3-7-14(12)17/h3,6-7,11,18H,2,4-5,8-10H2,1H3. The van der Waals surface area contributed by atoms with Gasteiger partial charge in [-0.3, -0.25) is 0 Å². The average molecular weight is 254 g/mol. The molecule has 1 aliphatic carbocycles. The van der Waals surface area contributed by atoms with E-state index >= 15 is 0 Å². The van der Waals surface area contributed by atoms with Crippen molar-refractivity contribution in [2.75, 3.05) is 0 Å². The first-order valence-electron chi connectivity index (χ1n) is 6.69. The lowest BCUT2D eigenvalue weighted by atomic mass is 9.74. The van der Waals surface area contributed by atoms with Crippen LogP contribution in [0, 0.1) is 17.6 Å². The third-order valence-electron chi connectivity index (χ3n) is 4.07. The summed E-state index contributed by atoms with van der Waals surface area (Å²) in [7, 11) is 0. The Labute approximate surface area is 107 Å². The van der Waals surface area contributed by atoms with E-state index in [1.54, 1.807) is 0 Å². The smallest absolute Gasteiger partial charge is 0.129 e. The molecule has 1 aromatic rings. The van der Waals surface area contributed by atoms with Crippen molar-refractivity contribution in [1.29, 1.82) is 0 Å². The summed E-state index contributed by atoms with van der Waals surface area (Å²) >= 11 is 0. The van der Waals surface area contributed by atoms with E-state index in [4.69, 9.17) is 0 Å². The molecule has 0 spiro atoms.